The minimum atomic E-state index is -0.436. The molecule has 0 saturated carbocycles. The number of hydrogen-bond acceptors (Lipinski definition) is 5. The highest BCUT2D eigenvalue weighted by Gasteiger charge is 2.11. The minimum Gasteiger partial charge on any atom is -0.484 e. The van der Waals surface area contributed by atoms with Gasteiger partial charge in [0.1, 0.15) is 17.2 Å². The maximum atomic E-state index is 12.4. The highest BCUT2D eigenvalue weighted by Crippen LogP contribution is 2.19. The molecule has 0 aliphatic rings. The number of nitrogens with one attached hydrogen (secondary N) is 1. The SMILES string of the molecule is Cc1cc(NC(=O)COc2ccc3ccc(=O)oc3c2)n(Cc2ccccc2)n1. The van der Waals surface area contributed by atoms with Crippen molar-refractivity contribution < 1.29 is 13.9 Å². The third-order valence-corrected chi connectivity index (χ3v) is 4.31. The Balaban J connectivity index is 1.42. The standard InChI is InChI=1S/C22H19N3O4/c1-15-11-20(25(24-15)13-16-5-3-2-4-6-16)23-21(26)14-28-18-9-7-17-8-10-22(27)29-19(17)12-18/h2-12H,13-14H2,1H3,(H,23,26). The summed E-state index contributed by atoms with van der Waals surface area (Å²) in [6, 6.07) is 19.8. The van der Waals surface area contributed by atoms with Crippen LogP contribution < -0.4 is 15.7 Å². The molecule has 7 nitrogen and oxygen atoms in total. The fourth-order valence-electron chi connectivity index (χ4n) is 2.98. The quantitative estimate of drug-likeness (QED) is 0.511. The molecule has 0 bridgehead atoms. The Morgan fingerprint density at radius 1 is 1.10 bits per heavy atom. The molecule has 29 heavy (non-hydrogen) atoms. The lowest BCUT2D eigenvalue weighted by molar-refractivity contribution is -0.118. The average molecular weight is 389 g/mol. The Labute approximate surface area is 166 Å². The van der Waals surface area contributed by atoms with Crippen LogP contribution in [0.25, 0.3) is 11.0 Å². The number of aryl methyl sites for hydroxylation is 1. The largest absolute Gasteiger partial charge is 0.484 e. The summed E-state index contributed by atoms with van der Waals surface area (Å²) in [6.45, 7) is 2.24. The first kappa shape index (κ1) is 18.5. The molecule has 1 N–H and O–H groups in total. The van der Waals surface area contributed by atoms with Gasteiger partial charge in [-0.25, -0.2) is 9.48 Å². The first-order chi connectivity index (χ1) is 14.1. The molecule has 7 heteroatoms. The van der Waals surface area contributed by atoms with Crippen molar-refractivity contribution >= 4 is 22.7 Å². The zero-order chi connectivity index (χ0) is 20.2. The van der Waals surface area contributed by atoms with Crippen LogP contribution in [0.1, 0.15) is 11.3 Å². The Kier molecular flexibility index (Phi) is 5.11. The van der Waals surface area contributed by atoms with Crippen molar-refractivity contribution in [3.63, 3.8) is 0 Å². The number of ether oxygens (including phenoxy) is 1. The number of amides is 1. The van der Waals surface area contributed by atoms with E-state index in [9.17, 15) is 9.59 Å². The maximum absolute atomic E-state index is 12.4. The summed E-state index contributed by atoms with van der Waals surface area (Å²) in [4.78, 5) is 23.7. The monoisotopic (exact) mass is 389 g/mol. The predicted molar refractivity (Wildman–Crippen MR) is 109 cm³/mol. The van der Waals surface area contributed by atoms with E-state index in [-0.39, 0.29) is 12.5 Å². The fraction of sp³-hybridized carbons (Fsp3) is 0.136. The molecular weight excluding hydrogens is 370 g/mol. The number of hydrogen-bond donors (Lipinski definition) is 1. The lowest BCUT2D eigenvalue weighted by Crippen LogP contribution is -2.22. The Morgan fingerprint density at radius 2 is 1.90 bits per heavy atom. The third-order valence-electron chi connectivity index (χ3n) is 4.31. The van der Waals surface area contributed by atoms with Crippen LogP contribution >= 0.6 is 0 Å². The van der Waals surface area contributed by atoms with Crippen molar-refractivity contribution in [1.82, 2.24) is 9.78 Å². The number of carbonyl (C=O) groups excluding carboxylic acids is 1. The summed E-state index contributed by atoms with van der Waals surface area (Å²) in [5.41, 5.74) is 1.86. The molecular formula is C22H19N3O4. The van der Waals surface area contributed by atoms with Crippen molar-refractivity contribution in [2.24, 2.45) is 0 Å². The molecule has 0 aliphatic carbocycles. The molecule has 2 aromatic carbocycles. The second-order valence-corrected chi connectivity index (χ2v) is 6.61. The van der Waals surface area contributed by atoms with E-state index in [0.29, 0.717) is 23.7 Å². The van der Waals surface area contributed by atoms with Crippen LogP contribution in [0.5, 0.6) is 5.75 Å². The molecule has 0 radical (unpaired) electrons. The van der Waals surface area contributed by atoms with E-state index in [2.05, 4.69) is 10.4 Å². The fourth-order valence-corrected chi connectivity index (χ4v) is 2.98. The highest BCUT2D eigenvalue weighted by molar-refractivity contribution is 5.91. The molecule has 0 spiro atoms. The van der Waals surface area contributed by atoms with Crippen molar-refractivity contribution in [1.29, 1.82) is 0 Å². The van der Waals surface area contributed by atoms with E-state index in [4.69, 9.17) is 9.15 Å². The lowest BCUT2D eigenvalue weighted by Gasteiger charge is -2.10. The van der Waals surface area contributed by atoms with Gasteiger partial charge in [-0.3, -0.25) is 4.79 Å². The number of carbonyl (C=O) groups is 1. The van der Waals surface area contributed by atoms with E-state index < -0.39 is 5.63 Å². The molecule has 0 aliphatic heterocycles. The van der Waals surface area contributed by atoms with Gasteiger partial charge in [0.15, 0.2) is 6.61 Å². The summed E-state index contributed by atoms with van der Waals surface area (Å²) in [6.07, 6.45) is 0. The lowest BCUT2D eigenvalue weighted by atomic mass is 10.2. The topological polar surface area (TPSA) is 86.4 Å². The summed E-state index contributed by atoms with van der Waals surface area (Å²) < 4.78 is 12.4. The number of benzene rings is 2. The van der Waals surface area contributed by atoms with Crippen LogP contribution in [-0.2, 0) is 11.3 Å². The second-order valence-electron chi connectivity index (χ2n) is 6.61. The van der Waals surface area contributed by atoms with Gasteiger partial charge in [0.05, 0.1) is 12.2 Å². The molecule has 0 unspecified atom stereocenters. The molecule has 146 valence electrons. The molecule has 4 aromatic rings. The molecule has 0 saturated heterocycles. The molecule has 0 atom stereocenters. The van der Waals surface area contributed by atoms with Crippen LogP contribution in [-0.4, -0.2) is 22.3 Å². The first-order valence-corrected chi connectivity index (χ1v) is 9.12. The van der Waals surface area contributed by atoms with E-state index >= 15 is 0 Å². The summed E-state index contributed by atoms with van der Waals surface area (Å²) in [5, 5.41) is 8.05. The van der Waals surface area contributed by atoms with Crippen LogP contribution in [0.2, 0.25) is 0 Å². The minimum absolute atomic E-state index is 0.182. The Bertz CT molecular complexity index is 1210. The third kappa shape index (κ3) is 4.52. The molecule has 2 heterocycles. The van der Waals surface area contributed by atoms with Gasteiger partial charge in [0, 0.05) is 23.6 Å². The van der Waals surface area contributed by atoms with Gasteiger partial charge in [-0.05, 0) is 30.7 Å². The maximum Gasteiger partial charge on any atom is 0.336 e. The summed E-state index contributed by atoms with van der Waals surface area (Å²) in [7, 11) is 0. The number of anilines is 1. The van der Waals surface area contributed by atoms with Crippen molar-refractivity contribution in [2.45, 2.75) is 13.5 Å². The molecule has 4 rings (SSSR count). The normalized spacial score (nSPS) is 10.8. The smallest absolute Gasteiger partial charge is 0.336 e. The predicted octanol–water partition coefficient (Wildman–Crippen LogP) is 3.36. The van der Waals surface area contributed by atoms with Crippen LogP contribution in [0.3, 0.4) is 0 Å². The number of fused-ring (bicyclic) bond motifs is 1. The van der Waals surface area contributed by atoms with Gasteiger partial charge in [-0.2, -0.15) is 5.10 Å². The summed E-state index contributed by atoms with van der Waals surface area (Å²) >= 11 is 0. The van der Waals surface area contributed by atoms with Crippen molar-refractivity contribution in [3.8, 4) is 5.75 Å². The van der Waals surface area contributed by atoms with Crippen molar-refractivity contribution in [3.05, 3.63) is 88.4 Å². The van der Waals surface area contributed by atoms with Crippen LogP contribution in [0.4, 0.5) is 5.82 Å². The Morgan fingerprint density at radius 3 is 2.72 bits per heavy atom. The van der Waals surface area contributed by atoms with E-state index in [1.165, 1.54) is 6.07 Å². The molecule has 2 aromatic heterocycles. The second kappa shape index (κ2) is 8.02. The van der Waals surface area contributed by atoms with Crippen LogP contribution in [0, 0.1) is 6.92 Å². The first-order valence-electron chi connectivity index (χ1n) is 9.12. The zero-order valence-corrected chi connectivity index (χ0v) is 15.8. The van der Waals surface area contributed by atoms with Crippen molar-refractivity contribution in [2.75, 3.05) is 11.9 Å². The highest BCUT2D eigenvalue weighted by atomic mass is 16.5. The van der Waals surface area contributed by atoms with Crippen LogP contribution in [0.15, 0.2) is 75.9 Å². The van der Waals surface area contributed by atoms with Gasteiger partial charge < -0.3 is 14.5 Å². The van der Waals surface area contributed by atoms with Gasteiger partial charge >= 0.3 is 5.63 Å². The van der Waals surface area contributed by atoms with E-state index in [0.717, 1.165) is 16.6 Å². The van der Waals surface area contributed by atoms with Gasteiger partial charge in [0.25, 0.3) is 5.91 Å². The summed E-state index contributed by atoms with van der Waals surface area (Å²) in [5.74, 6) is 0.731. The molecule has 0 fully saturated rings. The number of nitrogens with zero attached hydrogens (tertiary/aromatic N) is 2. The zero-order valence-electron chi connectivity index (χ0n) is 15.8. The number of rotatable bonds is 6. The van der Waals surface area contributed by atoms with E-state index in [1.807, 2.05) is 43.3 Å². The van der Waals surface area contributed by atoms with Gasteiger partial charge in [-0.1, -0.05) is 30.3 Å². The molecule has 1 amide bonds. The van der Waals surface area contributed by atoms with E-state index in [1.54, 1.807) is 28.9 Å². The average Bonchev–Trinajstić information content (AvgIpc) is 3.05. The Hall–Kier alpha value is -3.87. The number of aromatic nitrogens is 2. The van der Waals surface area contributed by atoms with Gasteiger partial charge in [0.2, 0.25) is 0 Å². The van der Waals surface area contributed by atoms with Gasteiger partial charge in [-0.15, -0.1) is 0 Å².